The van der Waals surface area contributed by atoms with Crippen molar-refractivity contribution in [2.45, 2.75) is 6.54 Å². The molecule has 2 heteroatoms. The van der Waals surface area contributed by atoms with E-state index in [1.807, 2.05) is 0 Å². The van der Waals surface area contributed by atoms with Crippen LogP contribution in [0.2, 0.25) is 0 Å². The van der Waals surface area contributed by atoms with Crippen molar-refractivity contribution in [3.05, 3.63) is 48.0 Å². The molecule has 0 amide bonds. The highest BCUT2D eigenvalue weighted by molar-refractivity contribution is 5.85. The summed E-state index contributed by atoms with van der Waals surface area (Å²) in [6.07, 6.45) is 0. The summed E-state index contributed by atoms with van der Waals surface area (Å²) in [4.78, 5) is 2.61. The molecule has 2 bridgehead atoms. The van der Waals surface area contributed by atoms with Gasteiger partial charge in [0.25, 0.3) is 0 Å². The van der Waals surface area contributed by atoms with Gasteiger partial charge in [-0.05, 0) is 10.8 Å². The van der Waals surface area contributed by atoms with Crippen LogP contribution in [-0.2, 0) is 6.54 Å². The molecule has 2 nitrogen and oxygen atoms in total. The summed E-state index contributed by atoms with van der Waals surface area (Å²) >= 11 is 0. The number of piperazine rings is 3. The lowest BCUT2D eigenvalue weighted by Gasteiger charge is -2.45. The molecule has 2 aromatic rings. The summed E-state index contributed by atoms with van der Waals surface area (Å²) in [6.45, 7) is 9.12. The lowest BCUT2D eigenvalue weighted by atomic mass is 10.0. The van der Waals surface area contributed by atoms with Crippen molar-refractivity contribution in [3.63, 3.8) is 0 Å². The molecule has 5 rings (SSSR count). The molecule has 0 atom stereocenters. The van der Waals surface area contributed by atoms with Crippen LogP contribution in [-0.4, -0.2) is 43.8 Å². The normalized spacial score (nSPS) is 29.8. The van der Waals surface area contributed by atoms with Crippen molar-refractivity contribution in [1.82, 2.24) is 4.90 Å². The highest BCUT2D eigenvalue weighted by atomic mass is 15.4. The van der Waals surface area contributed by atoms with Crippen molar-refractivity contribution < 1.29 is 4.48 Å². The van der Waals surface area contributed by atoms with Crippen molar-refractivity contribution in [3.8, 4) is 0 Å². The van der Waals surface area contributed by atoms with Crippen LogP contribution in [0.4, 0.5) is 0 Å². The molecule has 97 valence electrons. The molecule has 0 unspecified atom stereocenters. The maximum absolute atomic E-state index is 2.61. The van der Waals surface area contributed by atoms with Crippen molar-refractivity contribution >= 4 is 10.8 Å². The number of hydrogen-bond donors (Lipinski definition) is 0. The van der Waals surface area contributed by atoms with E-state index in [-0.39, 0.29) is 0 Å². The molecule has 0 spiro atoms. The van der Waals surface area contributed by atoms with Gasteiger partial charge in [0.1, 0.15) is 26.2 Å². The standard InChI is InChI=1S/C17H21N2/c1-2-7-17-15(4-1)5-3-6-16(17)14-19-11-8-18(9-12-19)10-13-19/h1-7H,8-14H2/q+2. The third-order valence-corrected chi connectivity index (χ3v) is 5.06. The molecule has 3 aliphatic heterocycles. The topological polar surface area (TPSA) is 5.90 Å². The minimum Gasteiger partial charge on any atom is -0.305 e. The average molecular weight is 253 g/mol. The summed E-state index contributed by atoms with van der Waals surface area (Å²) in [5.41, 5.74) is 1.54. The van der Waals surface area contributed by atoms with Gasteiger partial charge in [0, 0.05) is 5.56 Å². The first-order valence-corrected chi connectivity index (χ1v) is 7.39. The lowest BCUT2D eigenvalue weighted by molar-refractivity contribution is -0.950. The fourth-order valence-electron chi connectivity index (χ4n) is 3.76. The maximum Gasteiger partial charge on any atom is 0.172 e. The van der Waals surface area contributed by atoms with Crippen LogP contribution in [0, 0.1) is 0 Å². The smallest absolute Gasteiger partial charge is 0.172 e. The van der Waals surface area contributed by atoms with Crippen molar-refractivity contribution in [2.24, 2.45) is 0 Å². The zero-order valence-corrected chi connectivity index (χ0v) is 11.4. The van der Waals surface area contributed by atoms with Gasteiger partial charge in [-0.15, -0.1) is 0 Å². The molecule has 3 saturated heterocycles. The van der Waals surface area contributed by atoms with E-state index in [0.717, 1.165) is 0 Å². The molecular weight excluding hydrogens is 232 g/mol. The van der Waals surface area contributed by atoms with Gasteiger partial charge in [0.15, 0.2) is 19.6 Å². The minimum atomic E-state index is 1.22. The zero-order valence-electron chi connectivity index (χ0n) is 11.4. The van der Waals surface area contributed by atoms with E-state index >= 15 is 0 Å². The summed E-state index contributed by atoms with van der Waals surface area (Å²) in [5.74, 6) is 0. The van der Waals surface area contributed by atoms with Gasteiger partial charge in [0.05, 0.1) is 0 Å². The average Bonchev–Trinajstić information content (AvgIpc) is 2.49. The summed E-state index contributed by atoms with van der Waals surface area (Å²) < 4.78 is 1.31. The fourth-order valence-corrected chi connectivity index (χ4v) is 3.76. The third-order valence-electron chi connectivity index (χ3n) is 5.06. The summed E-state index contributed by atoms with van der Waals surface area (Å²) in [6, 6.07) is 15.6. The number of hydrogen-bond acceptors (Lipinski definition) is 1. The van der Waals surface area contributed by atoms with Crippen LogP contribution in [0.5, 0.6) is 0 Å². The van der Waals surface area contributed by atoms with E-state index < -0.39 is 0 Å². The van der Waals surface area contributed by atoms with Gasteiger partial charge in [-0.1, -0.05) is 42.5 Å². The monoisotopic (exact) mass is 253 g/mol. The minimum absolute atomic E-state index is 1.22. The Morgan fingerprint density at radius 2 is 1.53 bits per heavy atom. The number of fused-ring (bicyclic) bond motifs is 4. The largest absolute Gasteiger partial charge is 0.305 e. The second kappa shape index (κ2) is 4.32. The van der Waals surface area contributed by atoms with E-state index in [9.17, 15) is 0 Å². The highest BCUT2D eigenvalue weighted by Crippen LogP contribution is 2.26. The molecule has 3 fully saturated rings. The molecular formula is C17H21N2+2. The van der Waals surface area contributed by atoms with E-state index in [2.05, 4.69) is 47.4 Å². The Kier molecular flexibility index (Phi) is 2.61. The molecule has 0 saturated carbocycles. The Hall–Kier alpha value is -1.38. The second-order valence-corrected chi connectivity index (χ2v) is 6.15. The molecule has 0 N–H and O–H groups in total. The summed E-state index contributed by atoms with van der Waals surface area (Å²) in [7, 11) is 0. The van der Waals surface area contributed by atoms with Crippen LogP contribution < -0.4 is 4.90 Å². The van der Waals surface area contributed by atoms with Crippen molar-refractivity contribution in [2.75, 3.05) is 39.3 Å². The van der Waals surface area contributed by atoms with E-state index in [1.54, 1.807) is 0 Å². The van der Waals surface area contributed by atoms with Crippen LogP contribution in [0.25, 0.3) is 10.8 Å². The Labute approximate surface area is 114 Å². The molecule has 2 aromatic carbocycles. The van der Waals surface area contributed by atoms with Gasteiger partial charge in [0.2, 0.25) is 0 Å². The first-order valence-electron chi connectivity index (χ1n) is 7.39. The fraction of sp³-hybridized carbons (Fsp3) is 0.412. The predicted octanol–water partition coefficient (Wildman–Crippen LogP) is 2.32. The van der Waals surface area contributed by atoms with E-state index in [0.29, 0.717) is 0 Å². The number of nitrogens with zero attached hydrogens (tertiary/aromatic N) is 2. The summed E-state index contributed by atoms with van der Waals surface area (Å²) in [5, 5.41) is 2.83. The number of quaternary nitrogens is 1. The van der Waals surface area contributed by atoms with Crippen molar-refractivity contribution in [1.29, 1.82) is 0 Å². The second-order valence-electron chi connectivity index (χ2n) is 6.15. The van der Waals surface area contributed by atoms with Crippen LogP contribution in [0.15, 0.2) is 42.5 Å². The Balaban J connectivity index is 1.71. The van der Waals surface area contributed by atoms with Crippen LogP contribution >= 0.6 is 0 Å². The Morgan fingerprint density at radius 1 is 0.842 bits per heavy atom. The quantitative estimate of drug-likeness (QED) is 0.572. The van der Waals surface area contributed by atoms with Gasteiger partial charge in [-0.25, -0.2) is 0 Å². The van der Waals surface area contributed by atoms with Gasteiger partial charge >= 0.3 is 0 Å². The Morgan fingerprint density at radius 3 is 2.32 bits per heavy atom. The van der Waals surface area contributed by atoms with Crippen LogP contribution in [0.1, 0.15) is 5.56 Å². The predicted molar refractivity (Wildman–Crippen MR) is 79.2 cm³/mol. The maximum atomic E-state index is 2.61. The highest BCUT2D eigenvalue weighted by Gasteiger charge is 2.44. The number of rotatable bonds is 2. The molecule has 3 aliphatic rings. The molecule has 19 heavy (non-hydrogen) atoms. The van der Waals surface area contributed by atoms with Gasteiger partial charge < -0.3 is 4.48 Å². The zero-order chi connectivity index (χ0) is 12.7. The molecule has 0 aliphatic carbocycles. The molecule has 1 radical (unpaired) electrons. The first kappa shape index (κ1) is 11.4. The Bertz CT molecular complexity index is 578. The lowest BCUT2D eigenvalue weighted by Crippen LogP contribution is -2.68. The van der Waals surface area contributed by atoms with Crippen LogP contribution in [0.3, 0.4) is 0 Å². The number of benzene rings is 2. The SMILES string of the molecule is c1ccc2c(C[N+]34CC[N+](CC3)CC4)cccc2c1. The third kappa shape index (κ3) is 1.96. The molecule has 3 heterocycles. The van der Waals surface area contributed by atoms with E-state index in [1.165, 1.54) is 66.6 Å². The molecule has 0 aromatic heterocycles. The van der Waals surface area contributed by atoms with E-state index in [4.69, 9.17) is 0 Å². The van der Waals surface area contributed by atoms with Gasteiger partial charge in [-0.2, -0.15) is 4.90 Å². The first-order chi connectivity index (χ1) is 9.35. The van der Waals surface area contributed by atoms with Gasteiger partial charge in [-0.3, -0.25) is 0 Å².